The first-order valence-electron chi connectivity index (χ1n) is 7.70. The Kier molecular flexibility index (Phi) is 3.70. The van der Waals surface area contributed by atoms with Gasteiger partial charge in [-0.25, -0.2) is 9.18 Å². The summed E-state index contributed by atoms with van der Waals surface area (Å²) in [6.45, 7) is 6.83. The fourth-order valence-corrected chi connectivity index (χ4v) is 3.34. The number of pyridine rings is 1. The molecule has 2 bridgehead atoms. The van der Waals surface area contributed by atoms with Gasteiger partial charge < -0.3 is 14.5 Å². The number of hydrogen-bond donors (Lipinski definition) is 0. The summed E-state index contributed by atoms with van der Waals surface area (Å²) in [6.07, 6.45) is 4.64. The zero-order valence-electron chi connectivity index (χ0n) is 13.3. The van der Waals surface area contributed by atoms with Crippen LogP contribution in [-0.4, -0.2) is 46.8 Å². The van der Waals surface area contributed by atoms with E-state index in [9.17, 15) is 9.18 Å². The molecular weight excluding hydrogens is 285 g/mol. The van der Waals surface area contributed by atoms with Gasteiger partial charge in [-0.1, -0.05) is 0 Å². The number of carbonyl (C=O) groups excluding carboxylic acids is 1. The van der Waals surface area contributed by atoms with Gasteiger partial charge in [-0.15, -0.1) is 0 Å². The van der Waals surface area contributed by atoms with Crippen LogP contribution in [0, 0.1) is 5.82 Å². The molecule has 120 valence electrons. The lowest BCUT2D eigenvalue weighted by Gasteiger charge is -2.42. The van der Waals surface area contributed by atoms with Crippen molar-refractivity contribution >= 4 is 11.8 Å². The first-order chi connectivity index (χ1) is 10.3. The summed E-state index contributed by atoms with van der Waals surface area (Å²) >= 11 is 0. The Morgan fingerprint density at radius 3 is 2.45 bits per heavy atom. The van der Waals surface area contributed by atoms with E-state index < -0.39 is 5.60 Å². The number of ether oxygens (including phenoxy) is 1. The molecule has 5 nitrogen and oxygen atoms in total. The number of fused-ring (bicyclic) bond motifs is 2. The molecule has 3 heterocycles. The van der Waals surface area contributed by atoms with E-state index in [0.29, 0.717) is 13.1 Å². The van der Waals surface area contributed by atoms with Crippen molar-refractivity contribution in [1.82, 2.24) is 9.88 Å². The monoisotopic (exact) mass is 307 g/mol. The second-order valence-electron chi connectivity index (χ2n) is 7.04. The van der Waals surface area contributed by atoms with Gasteiger partial charge in [-0.2, -0.15) is 0 Å². The number of hydrogen-bond acceptors (Lipinski definition) is 4. The average Bonchev–Trinajstić information content (AvgIpc) is 2.67. The first-order valence-corrected chi connectivity index (χ1v) is 7.70. The zero-order chi connectivity index (χ0) is 15.9. The molecule has 1 amide bonds. The topological polar surface area (TPSA) is 45.7 Å². The third-order valence-corrected chi connectivity index (χ3v) is 4.12. The van der Waals surface area contributed by atoms with Gasteiger partial charge in [0.1, 0.15) is 11.4 Å². The Bertz CT molecular complexity index is 559. The van der Waals surface area contributed by atoms with Crippen LogP contribution < -0.4 is 4.90 Å². The maximum absolute atomic E-state index is 13.4. The lowest BCUT2D eigenvalue weighted by Crippen LogP contribution is -2.56. The number of halogens is 1. The van der Waals surface area contributed by atoms with Crippen LogP contribution in [0.5, 0.6) is 0 Å². The molecule has 0 N–H and O–H groups in total. The molecule has 0 aromatic carbocycles. The minimum absolute atomic E-state index is 0.204. The van der Waals surface area contributed by atoms with Gasteiger partial charge in [0.25, 0.3) is 0 Å². The number of nitrogens with zero attached hydrogens (tertiary/aromatic N) is 3. The number of carbonyl (C=O) groups is 1. The van der Waals surface area contributed by atoms with Gasteiger partial charge in [0.15, 0.2) is 0 Å². The lowest BCUT2D eigenvalue weighted by molar-refractivity contribution is 0.0209. The van der Waals surface area contributed by atoms with E-state index in [0.717, 1.165) is 18.5 Å². The summed E-state index contributed by atoms with van der Waals surface area (Å²) in [4.78, 5) is 20.2. The van der Waals surface area contributed by atoms with Crippen LogP contribution in [0.1, 0.15) is 33.6 Å². The molecule has 22 heavy (non-hydrogen) atoms. The summed E-state index contributed by atoms with van der Waals surface area (Å²) < 4.78 is 18.9. The van der Waals surface area contributed by atoms with Crippen molar-refractivity contribution in [2.24, 2.45) is 0 Å². The Morgan fingerprint density at radius 1 is 1.27 bits per heavy atom. The second-order valence-corrected chi connectivity index (χ2v) is 7.04. The van der Waals surface area contributed by atoms with Crippen molar-refractivity contribution in [3.63, 3.8) is 0 Å². The molecule has 0 saturated carbocycles. The Labute approximate surface area is 130 Å². The van der Waals surface area contributed by atoms with Crippen molar-refractivity contribution in [2.45, 2.75) is 51.3 Å². The van der Waals surface area contributed by atoms with Gasteiger partial charge in [0.2, 0.25) is 0 Å². The van der Waals surface area contributed by atoms with Crippen LogP contribution in [0.15, 0.2) is 18.5 Å². The normalized spacial score (nSPS) is 24.5. The predicted molar refractivity (Wildman–Crippen MR) is 81.3 cm³/mol. The van der Waals surface area contributed by atoms with E-state index in [2.05, 4.69) is 9.88 Å². The molecule has 2 aliphatic heterocycles. The minimum Gasteiger partial charge on any atom is -0.444 e. The molecule has 0 spiro atoms. The average molecular weight is 307 g/mol. The molecule has 1 aromatic heterocycles. The Hall–Kier alpha value is -1.85. The molecule has 2 fully saturated rings. The molecule has 2 saturated heterocycles. The van der Waals surface area contributed by atoms with Crippen LogP contribution in [0.4, 0.5) is 14.9 Å². The predicted octanol–water partition coefficient (Wildman–Crippen LogP) is 2.81. The van der Waals surface area contributed by atoms with E-state index in [1.807, 2.05) is 20.8 Å². The summed E-state index contributed by atoms with van der Waals surface area (Å²) in [5.41, 5.74) is 0.316. The van der Waals surface area contributed by atoms with Crippen LogP contribution in [0.25, 0.3) is 0 Å². The van der Waals surface area contributed by atoms with Crippen LogP contribution in [0.2, 0.25) is 0 Å². The van der Waals surface area contributed by atoms with Gasteiger partial charge in [-0.05, 0) is 33.6 Å². The molecule has 3 rings (SSSR count). The highest BCUT2D eigenvalue weighted by Gasteiger charge is 2.42. The van der Waals surface area contributed by atoms with E-state index in [4.69, 9.17) is 4.74 Å². The second kappa shape index (κ2) is 5.41. The van der Waals surface area contributed by atoms with Gasteiger partial charge in [0.05, 0.1) is 18.1 Å². The number of aromatic nitrogens is 1. The summed E-state index contributed by atoms with van der Waals surface area (Å²) in [5.74, 6) is -0.327. The van der Waals surface area contributed by atoms with Gasteiger partial charge >= 0.3 is 6.09 Å². The van der Waals surface area contributed by atoms with Crippen molar-refractivity contribution in [3.8, 4) is 0 Å². The standard InChI is InChI=1S/C16H22FN3O2/c1-16(2,3)22-15(21)19-9-12-4-5-13(10-19)20(12)14-6-11(17)7-18-8-14/h6-8,12-13H,4-5,9-10H2,1-3H3/t12-,13+. The highest BCUT2D eigenvalue weighted by Crippen LogP contribution is 2.35. The third-order valence-electron chi connectivity index (χ3n) is 4.12. The fraction of sp³-hybridized carbons (Fsp3) is 0.625. The van der Waals surface area contributed by atoms with Crippen molar-refractivity contribution in [2.75, 3.05) is 18.0 Å². The Morgan fingerprint density at radius 2 is 1.91 bits per heavy atom. The molecule has 1 aromatic rings. The number of piperazine rings is 1. The number of amides is 1. The zero-order valence-corrected chi connectivity index (χ0v) is 13.3. The van der Waals surface area contributed by atoms with Crippen molar-refractivity contribution < 1.29 is 13.9 Å². The van der Waals surface area contributed by atoms with Gasteiger partial charge in [0, 0.05) is 31.2 Å². The maximum Gasteiger partial charge on any atom is 0.410 e. The number of likely N-dealkylation sites (tertiary alicyclic amines) is 1. The van der Waals surface area contributed by atoms with E-state index in [1.165, 1.54) is 12.3 Å². The van der Waals surface area contributed by atoms with Crippen LogP contribution >= 0.6 is 0 Å². The molecule has 0 radical (unpaired) electrons. The molecule has 2 aliphatic rings. The van der Waals surface area contributed by atoms with E-state index in [-0.39, 0.29) is 24.0 Å². The Balaban J connectivity index is 1.73. The van der Waals surface area contributed by atoms with Crippen LogP contribution in [0.3, 0.4) is 0 Å². The van der Waals surface area contributed by atoms with Gasteiger partial charge in [-0.3, -0.25) is 4.98 Å². The first kappa shape index (κ1) is 15.1. The minimum atomic E-state index is -0.486. The molecule has 2 atom stereocenters. The number of anilines is 1. The summed E-state index contributed by atoms with van der Waals surface area (Å²) in [6, 6.07) is 1.92. The SMILES string of the molecule is CC(C)(C)OC(=O)N1C[C@H]2CC[C@@H](C1)N2c1cncc(F)c1. The fourth-order valence-electron chi connectivity index (χ4n) is 3.34. The molecular formula is C16H22FN3O2. The largest absolute Gasteiger partial charge is 0.444 e. The summed E-state index contributed by atoms with van der Waals surface area (Å²) in [7, 11) is 0. The smallest absolute Gasteiger partial charge is 0.410 e. The third kappa shape index (κ3) is 3.00. The maximum atomic E-state index is 13.4. The molecule has 0 unspecified atom stereocenters. The highest BCUT2D eigenvalue weighted by molar-refractivity contribution is 5.69. The van der Waals surface area contributed by atoms with E-state index >= 15 is 0 Å². The number of rotatable bonds is 1. The van der Waals surface area contributed by atoms with Crippen molar-refractivity contribution in [3.05, 3.63) is 24.3 Å². The van der Waals surface area contributed by atoms with Crippen molar-refractivity contribution in [1.29, 1.82) is 0 Å². The highest BCUT2D eigenvalue weighted by atomic mass is 19.1. The molecule has 6 heteroatoms. The summed E-state index contributed by atoms with van der Waals surface area (Å²) in [5, 5.41) is 0. The lowest BCUT2D eigenvalue weighted by atomic mass is 10.1. The van der Waals surface area contributed by atoms with E-state index in [1.54, 1.807) is 11.1 Å². The quantitative estimate of drug-likeness (QED) is 0.800. The molecule has 0 aliphatic carbocycles. The van der Waals surface area contributed by atoms with Crippen LogP contribution in [-0.2, 0) is 4.74 Å².